The molecule has 1 aromatic rings. The average molecular weight is 315 g/mol. The zero-order valence-electron chi connectivity index (χ0n) is 14.2. The normalized spacial score (nSPS) is 32.0. The maximum Gasteiger partial charge on any atom is 0.161 e. The lowest BCUT2D eigenvalue weighted by Gasteiger charge is -2.48. The minimum absolute atomic E-state index is 0.0925. The second kappa shape index (κ2) is 4.97. The molecular formula is C19H25NO3. The Morgan fingerprint density at radius 3 is 2.52 bits per heavy atom. The van der Waals surface area contributed by atoms with Crippen molar-refractivity contribution in [1.29, 1.82) is 0 Å². The van der Waals surface area contributed by atoms with Crippen molar-refractivity contribution in [2.75, 3.05) is 27.8 Å². The quantitative estimate of drug-likeness (QED) is 0.860. The number of likely N-dealkylation sites (N-methyl/N-ethyl adjacent to an activating group) is 1. The van der Waals surface area contributed by atoms with E-state index in [0.717, 1.165) is 30.9 Å². The molecule has 1 saturated heterocycles. The lowest BCUT2D eigenvalue weighted by Crippen LogP contribution is -2.53. The van der Waals surface area contributed by atoms with Gasteiger partial charge in [0.05, 0.1) is 14.2 Å². The minimum atomic E-state index is 0.0925. The zero-order valence-corrected chi connectivity index (χ0v) is 14.2. The Hall–Kier alpha value is -1.55. The Bertz CT molecular complexity index is 652. The fourth-order valence-corrected chi connectivity index (χ4v) is 5.35. The number of Topliss-reactive ketones (excluding diaryl/α,β-unsaturated/α-hetero) is 1. The molecule has 1 aromatic carbocycles. The second-order valence-corrected chi connectivity index (χ2v) is 7.49. The van der Waals surface area contributed by atoms with Gasteiger partial charge in [0.1, 0.15) is 5.78 Å². The molecule has 3 aliphatic rings. The van der Waals surface area contributed by atoms with Gasteiger partial charge in [-0.3, -0.25) is 4.79 Å². The van der Waals surface area contributed by atoms with Crippen LogP contribution < -0.4 is 9.47 Å². The van der Waals surface area contributed by atoms with E-state index in [-0.39, 0.29) is 10.8 Å². The number of carbonyl (C=O) groups is 1. The lowest BCUT2D eigenvalue weighted by atomic mass is 9.57. The Morgan fingerprint density at radius 2 is 1.87 bits per heavy atom. The first-order valence-corrected chi connectivity index (χ1v) is 8.51. The van der Waals surface area contributed by atoms with Crippen LogP contribution in [0.15, 0.2) is 18.2 Å². The summed E-state index contributed by atoms with van der Waals surface area (Å²) in [4.78, 5) is 14.7. The van der Waals surface area contributed by atoms with E-state index in [1.165, 1.54) is 18.4 Å². The van der Waals surface area contributed by atoms with Gasteiger partial charge in [-0.25, -0.2) is 0 Å². The summed E-state index contributed by atoms with van der Waals surface area (Å²) in [5.41, 5.74) is 1.60. The molecule has 0 unspecified atom stereocenters. The summed E-state index contributed by atoms with van der Waals surface area (Å²) in [6.07, 6.45) is 4.93. The third-order valence-electron chi connectivity index (χ3n) is 6.61. The number of ether oxygens (including phenoxy) is 2. The third kappa shape index (κ3) is 1.90. The Labute approximate surface area is 137 Å². The molecule has 4 rings (SSSR count). The predicted octanol–water partition coefficient (Wildman–Crippen LogP) is 2.79. The molecule has 0 N–H and O–H groups in total. The summed E-state index contributed by atoms with van der Waals surface area (Å²) in [5, 5.41) is 0. The predicted molar refractivity (Wildman–Crippen MR) is 88.2 cm³/mol. The standard InChI is InChI=1S/C19H25NO3/c1-20-9-8-19(13-4-5-15(22-2)16(10-13)23-3)17(20)11-14(21)12-18(19)6-7-18/h4-5,10,17H,6-9,11-12H2,1-3H3/t17-,19+/m0/s1. The van der Waals surface area contributed by atoms with E-state index >= 15 is 0 Å². The number of benzene rings is 1. The highest BCUT2D eigenvalue weighted by Crippen LogP contribution is 2.69. The van der Waals surface area contributed by atoms with Gasteiger partial charge in [0, 0.05) is 24.3 Å². The largest absolute Gasteiger partial charge is 0.493 e. The maximum atomic E-state index is 12.3. The van der Waals surface area contributed by atoms with Crippen LogP contribution in [-0.4, -0.2) is 44.5 Å². The molecule has 1 aliphatic heterocycles. The number of ketones is 1. The van der Waals surface area contributed by atoms with E-state index in [4.69, 9.17) is 9.47 Å². The van der Waals surface area contributed by atoms with Crippen LogP contribution in [0, 0.1) is 5.41 Å². The van der Waals surface area contributed by atoms with Crippen LogP contribution in [0.2, 0.25) is 0 Å². The Kier molecular flexibility index (Phi) is 3.24. The van der Waals surface area contributed by atoms with Gasteiger partial charge >= 0.3 is 0 Å². The summed E-state index contributed by atoms with van der Waals surface area (Å²) in [7, 11) is 5.53. The fourth-order valence-electron chi connectivity index (χ4n) is 5.35. The lowest BCUT2D eigenvalue weighted by molar-refractivity contribution is -0.125. The monoisotopic (exact) mass is 315 g/mol. The van der Waals surface area contributed by atoms with Gasteiger partial charge in [0.2, 0.25) is 0 Å². The summed E-state index contributed by atoms with van der Waals surface area (Å²) in [6.45, 7) is 1.06. The summed E-state index contributed by atoms with van der Waals surface area (Å²) in [5.74, 6) is 2.00. The number of nitrogens with zero attached hydrogens (tertiary/aromatic N) is 1. The number of rotatable bonds is 3. The molecule has 0 aromatic heterocycles. The van der Waals surface area contributed by atoms with E-state index in [1.807, 2.05) is 6.07 Å². The molecule has 1 heterocycles. The highest BCUT2D eigenvalue weighted by molar-refractivity contribution is 5.83. The van der Waals surface area contributed by atoms with Crippen LogP contribution in [-0.2, 0) is 10.2 Å². The van der Waals surface area contributed by atoms with Gasteiger partial charge in [0.15, 0.2) is 11.5 Å². The van der Waals surface area contributed by atoms with Crippen LogP contribution in [0.25, 0.3) is 0 Å². The minimum Gasteiger partial charge on any atom is -0.493 e. The smallest absolute Gasteiger partial charge is 0.161 e. The number of methoxy groups -OCH3 is 2. The molecule has 23 heavy (non-hydrogen) atoms. The van der Waals surface area contributed by atoms with Crippen molar-refractivity contribution >= 4 is 5.78 Å². The first-order valence-electron chi connectivity index (χ1n) is 8.51. The van der Waals surface area contributed by atoms with Crippen molar-refractivity contribution in [3.05, 3.63) is 23.8 Å². The van der Waals surface area contributed by atoms with Gasteiger partial charge in [-0.15, -0.1) is 0 Å². The van der Waals surface area contributed by atoms with Crippen molar-refractivity contribution in [3.8, 4) is 11.5 Å². The molecule has 1 spiro atoms. The Morgan fingerprint density at radius 1 is 1.13 bits per heavy atom. The SMILES string of the molecule is COc1ccc([C@]23CCN(C)[C@H]2CC(=O)CC32CC2)cc1OC. The number of fused-ring (bicyclic) bond motifs is 2. The van der Waals surface area contributed by atoms with Crippen molar-refractivity contribution in [1.82, 2.24) is 4.90 Å². The van der Waals surface area contributed by atoms with E-state index < -0.39 is 0 Å². The van der Waals surface area contributed by atoms with Crippen molar-refractivity contribution < 1.29 is 14.3 Å². The van der Waals surface area contributed by atoms with Crippen molar-refractivity contribution in [2.24, 2.45) is 5.41 Å². The van der Waals surface area contributed by atoms with Gasteiger partial charge in [-0.2, -0.15) is 0 Å². The van der Waals surface area contributed by atoms with E-state index in [2.05, 4.69) is 24.1 Å². The summed E-state index contributed by atoms with van der Waals surface area (Å²) < 4.78 is 10.9. The van der Waals surface area contributed by atoms with Crippen LogP contribution in [0.1, 0.15) is 37.7 Å². The number of hydrogen-bond donors (Lipinski definition) is 0. The maximum absolute atomic E-state index is 12.3. The molecule has 4 nitrogen and oxygen atoms in total. The average Bonchev–Trinajstić information content (AvgIpc) is 3.24. The molecule has 0 bridgehead atoms. The molecule has 3 fully saturated rings. The van der Waals surface area contributed by atoms with Crippen LogP contribution >= 0.6 is 0 Å². The molecule has 0 radical (unpaired) electrons. The molecule has 4 heteroatoms. The van der Waals surface area contributed by atoms with Crippen molar-refractivity contribution in [3.63, 3.8) is 0 Å². The van der Waals surface area contributed by atoms with Gasteiger partial charge < -0.3 is 14.4 Å². The summed E-state index contributed by atoms with van der Waals surface area (Å²) in [6, 6.07) is 6.69. The number of carbonyl (C=O) groups excluding carboxylic acids is 1. The van der Waals surface area contributed by atoms with Crippen LogP contribution in [0.4, 0.5) is 0 Å². The molecule has 2 atom stereocenters. The highest BCUT2D eigenvalue weighted by Gasteiger charge is 2.68. The number of hydrogen-bond acceptors (Lipinski definition) is 4. The summed E-state index contributed by atoms with van der Waals surface area (Å²) >= 11 is 0. The van der Waals surface area contributed by atoms with E-state index in [0.29, 0.717) is 18.2 Å². The topological polar surface area (TPSA) is 38.8 Å². The second-order valence-electron chi connectivity index (χ2n) is 7.49. The third-order valence-corrected chi connectivity index (χ3v) is 6.61. The first-order chi connectivity index (χ1) is 11.1. The molecule has 124 valence electrons. The fraction of sp³-hybridized carbons (Fsp3) is 0.632. The zero-order chi connectivity index (χ0) is 16.2. The van der Waals surface area contributed by atoms with E-state index in [1.54, 1.807) is 14.2 Å². The number of likely N-dealkylation sites (tertiary alicyclic amines) is 1. The van der Waals surface area contributed by atoms with Crippen LogP contribution in [0.3, 0.4) is 0 Å². The highest BCUT2D eigenvalue weighted by atomic mass is 16.5. The Balaban J connectivity index is 1.86. The molecule has 0 amide bonds. The van der Waals surface area contributed by atoms with Crippen molar-refractivity contribution in [2.45, 2.75) is 43.6 Å². The molecule has 2 saturated carbocycles. The van der Waals surface area contributed by atoms with Gasteiger partial charge in [-0.1, -0.05) is 6.07 Å². The van der Waals surface area contributed by atoms with Gasteiger partial charge in [-0.05, 0) is 56.0 Å². The van der Waals surface area contributed by atoms with Crippen LogP contribution in [0.5, 0.6) is 11.5 Å². The van der Waals surface area contributed by atoms with E-state index in [9.17, 15) is 4.79 Å². The first kappa shape index (κ1) is 15.0. The molecular weight excluding hydrogens is 290 g/mol. The van der Waals surface area contributed by atoms with Gasteiger partial charge in [0.25, 0.3) is 0 Å². The molecule has 2 aliphatic carbocycles.